The van der Waals surface area contributed by atoms with Gasteiger partial charge in [-0.3, -0.25) is 0 Å². The largest absolute Gasteiger partial charge is 0.330 e. The lowest BCUT2D eigenvalue weighted by Crippen LogP contribution is -2.28. The van der Waals surface area contributed by atoms with Crippen molar-refractivity contribution in [1.82, 2.24) is 0 Å². The van der Waals surface area contributed by atoms with Gasteiger partial charge in [0.1, 0.15) is 0 Å². The molecule has 1 fully saturated rings. The number of thiol groups is 1. The molecule has 0 atom stereocenters. The third-order valence-corrected chi connectivity index (χ3v) is 3.10. The molecule has 54 valence electrons. The molecule has 0 bridgehead atoms. The second-order valence-electron chi connectivity index (χ2n) is 3.07. The van der Waals surface area contributed by atoms with Crippen LogP contribution in [0.15, 0.2) is 0 Å². The zero-order valence-electron chi connectivity index (χ0n) is 5.77. The van der Waals surface area contributed by atoms with Gasteiger partial charge in [0.05, 0.1) is 0 Å². The van der Waals surface area contributed by atoms with E-state index in [2.05, 4.69) is 12.6 Å². The Kier molecular flexibility index (Phi) is 2.42. The fraction of sp³-hybridized carbons (Fsp3) is 1.00. The third kappa shape index (κ3) is 1.41. The summed E-state index contributed by atoms with van der Waals surface area (Å²) in [5.41, 5.74) is 6.05. The molecule has 1 saturated carbocycles. The van der Waals surface area contributed by atoms with E-state index in [0.717, 1.165) is 12.3 Å². The molecule has 2 N–H and O–H groups in total. The highest BCUT2D eigenvalue weighted by Gasteiger charge is 2.30. The van der Waals surface area contributed by atoms with Gasteiger partial charge in [0.25, 0.3) is 0 Å². The molecular weight excluding hydrogens is 130 g/mol. The highest BCUT2D eigenvalue weighted by molar-refractivity contribution is 7.80. The van der Waals surface area contributed by atoms with Gasteiger partial charge in [-0.05, 0) is 30.6 Å². The van der Waals surface area contributed by atoms with Gasteiger partial charge in [-0.25, -0.2) is 0 Å². The van der Waals surface area contributed by atoms with Gasteiger partial charge in [0, 0.05) is 0 Å². The molecule has 0 radical (unpaired) electrons. The van der Waals surface area contributed by atoms with Crippen molar-refractivity contribution in [1.29, 1.82) is 0 Å². The Hall–Kier alpha value is 0.310. The van der Waals surface area contributed by atoms with Crippen LogP contribution in [0.3, 0.4) is 0 Å². The summed E-state index contributed by atoms with van der Waals surface area (Å²) in [6.45, 7) is 0.830. The lowest BCUT2D eigenvalue weighted by Gasteiger charge is -2.23. The molecule has 1 aliphatic rings. The monoisotopic (exact) mass is 145 g/mol. The van der Waals surface area contributed by atoms with E-state index in [1.165, 1.54) is 25.7 Å². The minimum atomic E-state index is 0.420. The number of hydrogen-bond acceptors (Lipinski definition) is 2. The van der Waals surface area contributed by atoms with Crippen molar-refractivity contribution in [2.24, 2.45) is 11.1 Å². The SMILES string of the molecule is NCC1(CS)CCCC1. The lowest BCUT2D eigenvalue weighted by atomic mass is 9.89. The van der Waals surface area contributed by atoms with E-state index < -0.39 is 0 Å². The summed E-state index contributed by atoms with van der Waals surface area (Å²) in [5, 5.41) is 0. The number of hydrogen-bond donors (Lipinski definition) is 2. The minimum absolute atomic E-state index is 0.420. The van der Waals surface area contributed by atoms with E-state index in [9.17, 15) is 0 Å². The normalized spacial score (nSPS) is 24.7. The third-order valence-electron chi connectivity index (χ3n) is 2.43. The summed E-state index contributed by atoms with van der Waals surface area (Å²) < 4.78 is 0. The van der Waals surface area contributed by atoms with Crippen molar-refractivity contribution >= 4 is 12.6 Å². The van der Waals surface area contributed by atoms with Crippen molar-refractivity contribution in [3.05, 3.63) is 0 Å². The summed E-state index contributed by atoms with van der Waals surface area (Å²) in [7, 11) is 0. The van der Waals surface area contributed by atoms with Crippen molar-refractivity contribution in [3.8, 4) is 0 Å². The van der Waals surface area contributed by atoms with Gasteiger partial charge in [-0.15, -0.1) is 0 Å². The molecule has 0 amide bonds. The molecule has 0 aromatic carbocycles. The molecular formula is C7H15NS. The lowest BCUT2D eigenvalue weighted by molar-refractivity contribution is 0.360. The zero-order chi connectivity index (χ0) is 6.74. The van der Waals surface area contributed by atoms with Gasteiger partial charge in [-0.1, -0.05) is 12.8 Å². The van der Waals surface area contributed by atoms with E-state index in [0.29, 0.717) is 5.41 Å². The standard InChI is InChI=1S/C7H15NS/c8-5-7(6-9)3-1-2-4-7/h9H,1-6,8H2. The predicted molar refractivity (Wildman–Crippen MR) is 43.8 cm³/mol. The van der Waals surface area contributed by atoms with Crippen LogP contribution in [0.2, 0.25) is 0 Å². The summed E-state index contributed by atoms with van der Waals surface area (Å²) >= 11 is 4.30. The van der Waals surface area contributed by atoms with Crippen LogP contribution in [0.4, 0.5) is 0 Å². The Labute approximate surface area is 62.4 Å². The predicted octanol–water partition coefficient (Wildman–Crippen LogP) is 1.44. The smallest absolute Gasteiger partial charge is 0.00127 e. The van der Waals surface area contributed by atoms with Gasteiger partial charge in [0.2, 0.25) is 0 Å². The summed E-state index contributed by atoms with van der Waals surface area (Å²) in [6.07, 6.45) is 5.32. The van der Waals surface area contributed by atoms with Crippen molar-refractivity contribution in [2.45, 2.75) is 25.7 Å². The highest BCUT2D eigenvalue weighted by Crippen LogP contribution is 2.37. The molecule has 1 aliphatic carbocycles. The second-order valence-corrected chi connectivity index (χ2v) is 3.39. The van der Waals surface area contributed by atoms with Crippen LogP contribution in [-0.2, 0) is 0 Å². The van der Waals surface area contributed by atoms with Gasteiger partial charge in [-0.2, -0.15) is 12.6 Å². The molecule has 2 heteroatoms. The Morgan fingerprint density at radius 2 is 1.89 bits per heavy atom. The van der Waals surface area contributed by atoms with Crippen LogP contribution in [-0.4, -0.2) is 12.3 Å². The van der Waals surface area contributed by atoms with Crippen LogP contribution in [0.5, 0.6) is 0 Å². The first-order chi connectivity index (χ1) is 4.33. The average Bonchev–Trinajstić information content (AvgIpc) is 2.36. The first-order valence-corrected chi connectivity index (χ1v) is 4.27. The van der Waals surface area contributed by atoms with Gasteiger partial charge < -0.3 is 5.73 Å². The van der Waals surface area contributed by atoms with Crippen LogP contribution in [0, 0.1) is 5.41 Å². The molecule has 9 heavy (non-hydrogen) atoms. The van der Waals surface area contributed by atoms with Crippen molar-refractivity contribution < 1.29 is 0 Å². The van der Waals surface area contributed by atoms with E-state index in [1.807, 2.05) is 0 Å². The maximum absolute atomic E-state index is 5.63. The molecule has 0 aromatic heterocycles. The van der Waals surface area contributed by atoms with Crippen molar-refractivity contribution in [3.63, 3.8) is 0 Å². The molecule has 1 rings (SSSR count). The summed E-state index contributed by atoms with van der Waals surface area (Å²) in [4.78, 5) is 0. The van der Waals surface area contributed by atoms with Crippen LogP contribution < -0.4 is 5.73 Å². The van der Waals surface area contributed by atoms with Crippen molar-refractivity contribution in [2.75, 3.05) is 12.3 Å². The van der Waals surface area contributed by atoms with Gasteiger partial charge >= 0.3 is 0 Å². The zero-order valence-corrected chi connectivity index (χ0v) is 6.66. The van der Waals surface area contributed by atoms with E-state index in [-0.39, 0.29) is 0 Å². The summed E-state index contributed by atoms with van der Waals surface area (Å²) in [6, 6.07) is 0. The van der Waals surface area contributed by atoms with Gasteiger partial charge in [0.15, 0.2) is 0 Å². The Balaban J connectivity index is 2.45. The van der Waals surface area contributed by atoms with E-state index >= 15 is 0 Å². The first-order valence-electron chi connectivity index (χ1n) is 3.64. The average molecular weight is 145 g/mol. The molecule has 1 nitrogen and oxygen atoms in total. The van der Waals surface area contributed by atoms with Crippen LogP contribution in [0.1, 0.15) is 25.7 Å². The molecule has 0 heterocycles. The van der Waals surface area contributed by atoms with Crippen LogP contribution >= 0.6 is 12.6 Å². The van der Waals surface area contributed by atoms with E-state index in [4.69, 9.17) is 5.73 Å². The number of nitrogens with two attached hydrogens (primary N) is 1. The van der Waals surface area contributed by atoms with Crippen LogP contribution in [0.25, 0.3) is 0 Å². The molecule has 0 aromatic rings. The number of rotatable bonds is 2. The second kappa shape index (κ2) is 2.93. The minimum Gasteiger partial charge on any atom is -0.330 e. The Bertz CT molecular complexity index is 80.9. The Morgan fingerprint density at radius 3 is 2.11 bits per heavy atom. The Morgan fingerprint density at radius 1 is 1.33 bits per heavy atom. The maximum atomic E-state index is 5.63. The first kappa shape index (κ1) is 7.42. The molecule has 0 aliphatic heterocycles. The molecule has 0 saturated heterocycles. The quantitative estimate of drug-likeness (QED) is 0.565. The highest BCUT2D eigenvalue weighted by atomic mass is 32.1. The summed E-state index contributed by atoms with van der Waals surface area (Å²) in [5.74, 6) is 0.976. The maximum Gasteiger partial charge on any atom is -0.00127 e. The van der Waals surface area contributed by atoms with E-state index in [1.54, 1.807) is 0 Å². The molecule has 0 spiro atoms. The topological polar surface area (TPSA) is 26.0 Å². The molecule has 0 unspecified atom stereocenters. The fourth-order valence-corrected chi connectivity index (χ4v) is 2.00. The fourth-order valence-electron chi connectivity index (χ4n) is 1.55.